The van der Waals surface area contributed by atoms with Gasteiger partial charge in [0.1, 0.15) is 11.5 Å². The van der Waals surface area contributed by atoms with E-state index in [-0.39, 0.29) is 11.9 Å². The van der Waals surface area contributed by atoms with E-state index < -0.39 is 0 Å². The van der Waals surface area contributed by atoms with Crippen molar-refractivity contribution in [2.24, 2.45) is 5.92 Å². The standard InChI is InChI=1S/C21H30N4O/c1-5-17-6-8-18(9-7-17)16(4)22-21(26)19-13-25-11-10-24(12-15(2)3)14-20(25)23-19/h6-9,13,15-16H,5,10-12,14H2,1-4H3,(H,22,26)/t16-/m0/s1. The number of hydrogen-bond donors (Lipinski definition) is 1. The van der Waals surface area contributed by atoms with Gasteiger partial charge in [-0.2, -0.15) is 0 Å². The van der Waals surface area contributed by atoms with Crippen molar-refractivity contribution >= 4 is 5.91 Å². The van der Waals surface area contributed by atoms with Crippen molar-refractivity contribution in [3.63, 3.8) is 0 Å². The van der Waals surface area contributed by atoms with Crippen LogP contribution in [0.2, 0.25) is 0 Å². The monoisotopic (exact) mass is 354 g/mol. The van der Waals surface area contributed by atoms with Crippen molar-refractivity contribution in [1.82, 2.24) is 19.8 Å². The second kappa shape index (κ2) is 8.04. The molecule has 0 spiro atoms. The van der Waals surface area contributed by atoms with Gasteiger partial charge in [-0.25, -0.2) is 4.98 Å². The lowest BCUT2D eigenvalue weighted by molar-refractivity contribution is 0.0935. The Kier molecular flexibility index (Phi) is 5.77. The number of hydrogen-bond acceptors (Lipinski definition) is 3. The fourth-order valence-corrected chi connectivity index (χ4v) is 3.48. The van der Waals surface area contributed by atoms with Crippen LogP contribution in [0.3, 0.4) is 0 Å². The number of fused-ring (bicyclic) bond motifs is 1. The number of carbonyl (C=O) groups is 1. The third-order valence-electron chi connectivity index (χ3n) is 4.97. The summed E-state index contributed by atoms with van der Waals surface area (Å²) >= 11 is 0. The molecular weight excluding hydrogens is 324 g/mol. The van der Waals surface area contributed by atoms with Crippen LogP contribution in [-0.4, -0.2) is 33.4 Å². The van der Waals surface area contributed by atoms with Crippen LogP contribution in [0.15, 0.2) is 30.5 Å². The fourth-order valence-electron chi connectivity index (χ4n) is 3.48. The molecule has 140 valence electrons. The van der Waals surface area contributed by atoms with Gasteiger partial charge in [0, 0.05) is 25.8 Å². The molecule has 0 fully saturated rings. The highest BCUT2D eigenvalue weighted by atomic mass is 16.2. The summed E-state index contributed by atoms with van der Waals surface area (Å²) in [6.07, 6.45) is 2.92. The van der Waals surface area contributed by atoms with Gasteiger partial charge in [-0.15, -0.1) is 0 Å². The van der Waals surface area contributed by atoms with Gasteiger partial charge in [-0.1, -0.05) is 45.0 Å². The van der Waals surface area contributed by atoms with Crippen LogP contribution in [-0.2, 0) is 19.5 Å². The average Bonchev–Trinajstić information content (AvgIpc) is 3.04. The number of nitrogens with zero attached hydrogens (tertiary/aromatic N) is 3. The van der Waals surface area contributed by atoms with Crippen LogP contribution in [0.5, 0.6) is 0 Å². The SMILES string of the molecule is CCc1ccc([C@H](C)NC(=O)c2cn3c(n2)CN(CC(C)C)CC3)cc1. The molecular formula is C21H30N4O. The van der Waals surface area contributed by atoms with E-state index in [1.54, 1.807) is 0 Å². The summed E-state index contributed by atoms with van der Waals surface area (Å²) in [4.78, 5) is 19.6. The number of aryl methyl sites for hydroxylation is 1. The first-order valence-corrected chi connectivity index (χ1v) is 9.64. The van der Waals surface area contributed by atoms with E-state index in [1.165, 1.54) is 5.56 Å². The predicted octanol–water partition coefficient (Wildman–Crippen LogP) is 3.41. The number of carbonyl (C=O) groups excluding carboxylic acids is 1. The Morgan fingerprint density at radius 2 is 1.92 bits per heavy atom. The van der Waals surface area contributed by atoms with Crippen LogP contribution in [0.25, 0.3) is 0 Å². The number of imidazole rings is 1. The molecule has 1 aliphatic rings. The zero-order valence-corrected chi connectivity index (χ0v) is 16.3. The minimum Gasteiger partial charge on any atom is -0.344 e. The van der Waals surface area contributed by atoms with Crippen LogP contribution in [0, 0.1) is 5.92 Å². The molecule has 1 aromatic carbocycles. The maximum absolute atomic E-state index is 12.6. The number of nitrogens with one attached hydrogen (secondary N) is 1. The van der Waals surface area contributed by atoms with E-state index in [4.69, 9.17) is 0 Å². The minimum atomic E-state index is -0.102. The number of rotatable bonds is 6. The highest BCUT2D eigenvalue weighted by Gasteiger charge is 2.22. The van der Waals surface area contributed by atoms with Gasteiger partial charge in [0.05, 0.1) is 12.6 Å². The molecule has 5 nitrogen and oxygen atoms in total. The van der Waals surface area contributed by atoms with E-state index >= 15 is 0 Å². The van der Waals surface area contributed by atoms with Gasteiger partial charge in [0.25, 0.3) is 5.91 Å². The Hall–Kier alpha value is -2.14. The minimum absolute atomic E-state index is 0.0374. The van der Waals surface area contributed by atoms with Crippen molar-refractivity contribution in [2.45, 2.75) is 53.2 Å². The Morgan fingerprint density at radius 3 is 2.58 bits per heavy atom. The predicted molar refractivity (Wildman–Crippen MR) is 104 cm³/mol. The molecule has 0 saturated carbocycles. The maximum Gasteiger partial charge on any atom is 0.271 e. The number of amides is 1. The smallest absolute Gasteiger partial charge is 0.271 e. The van der Waals surface area contributed by atoms with Crippen LogP contribution >= 0.6 is 0 Å². The summed E-state index contributed by atoms with van der Waals surface area (Å²) in [5, 5.41) is 3.07. The molecule has 26 heavy (non-hydrogen) atoms. The summed E-state index contributed by atoms with van der Waals surface area (Å²) in [6.45, 7) is 12.4. The molecule has 1 atom stereocenters. The lowest BCUT2D eigenvalue weighted by Gasteiger charge is -2.28. The van der Waals surface area contributed by atoms with Crippen LogP contribution in [0.1, 0.15) is 61.2 Å². The molecule has 1 amide bonds. The Bertz CT molecular complexity index is 748. The first kappa shape index (κ1) is 18.6. The summed E-state index contributed by atoms with van der Waals surface area (Å²) < 4.78 is 2.12. The molecule has 1 N–H and O–H groups in total. The first-order chi connectivity index (χ1) is 12.5. The molecule has 0 radical (unpaired) electrons. The molecule has 1 aromatic heterocycles. The second-order valence-corrected chi connectivity index (χ2v) is 7.66. The number of aromatic nitrogens is 2. The molecule has 2 heterocycles. The van der Waals surface area contributed by atoms with Gasteiger partial charge in [-0.05, 0) is 30.4 Å². The summed E-state index contributed by atoms with van der Waals surface area (Å²) in [7, 11) is 0. The van der Waals surface area contributed by atoms with Crippen molar-refractivity contribution in [3.05, 3.63) is 53.1 Å². The summed E-state index contributed by atoms with van der Waals surface area (Å²) in [6, 6.07) is 8.38. The third-order valence-corrected chi connectivity index (χ3v) is 4.97. The lowest BCUT2D eigenvalue weighted by atomic mass is 10.0. The molecule has 3 rings (SSSR count). The quantitative estimate of drug-likeness (QED) is 0.865. The summed E-state index contributed by atoms with van der Waals surface area (Å²) in [5.74, 6) is 1.52. The Morgan fingerprint density at radius 1 is 1.19 bits per heavy atom. The maximum atomic E-state index is 12.6. The van der Waals surface area contributed by atoms with Crippen molar-refractivity contribution < 1.29 is 4.79 Å². The fraction of sp³-hybridized carbons (Fsp3) is 0.524. The number of benzene rings is 1. The second-order valence-electron chi connectivity index (χ2n) is 7.66. The zero-order chi connectivity index (χ0) is 18.7. The van der Waals surface area contributed by atoms with Gasteiger partial charge in [0.15, 0.2) is 0 Å². The Labute approximate surface area is 156 Å². The van der Waals surface area contributed by atoms with Crippen molar-refractivity contribution in [2.75, 3.05) is 13.1 Å². The molecule has 1 aliphatic heterocycles. The van der Waals surface area contributed by atoms with Gasteiger partial charge in [0.2, 0.25) is 0 Å². The van der Waals surface area contributed by atoms with E-state index in [1.807, 2.05) is 13.1 Å². The lowest BCUT2D eigenvalue weighted by Crippen LogP contribution is -2.35. The molecule has 0 aliphatic carbocycles. The highest BCUT2D eigenvalue weighted by molar-refractivity contribution is 5.92. The topological polar surface area (TPSA) is 50.2 Å². The van der Waals surface area contributed by atoms with E-state index in [9.17, 15) is 4.79 Å². The van der Waals surface area contributed by atoms with E-state index in [0.717, 1.165) is 44.0 Å². The third kappa shape index (κ3) is 4.33. The first-order valence-electron chi connectivity index (χ1n) is 9.64. The Balaban J connectivity index is 1.64. The van der Waals surface area contributed by atoms with E-state index in [0.29, 0.717) is 11.6 Å². The molecule has 0 saturated heterocycles. The van der Waals surface area contributed by atoms with Gasteiger partial charge >= 0.3 is 0 Å². The largest absolute Gasteiger partial charge is 0.344 e. The van der Waals surface area contributed by atoms with Crippen LogP contribution < -0.4 is 5.32 Å². The van der Waals surface area contributed by atoms with Gasteiger partial charge in [-0.3, -0.25) is 9.69 Å². The normalized spacial score (nSPS) is 15.7. The highest BCUT2D eigenvalue weighted by Crippen LogP contribution is 2.17. The average molecular weight is 354 g/mol. The van der Waals surface area contributed by atoms with Crippen molar-refractivity contribution in [1.29, 1.82) is 0 Å². The van der Waals surface area contributed by atoms with Crippen molar-refractivity contribution in [3.8, 4) is 0 Å². The van der Waals surface area contributed by atoms with Gasteiger partial charge < -0.3 is 9.88 Å². The molecule has 0 bridgehead atoms. The molecule has 2 aromatic rings. The summed E-state index contributed by atoms with van der Waals surface area (Å²) in [5.41, 5.74) is 2.94. The molecule has 0 unspecified atom stereocenters. The van der Waals surface area contributed by atoms with E-state index in [2.05, 4.69) is 64.8 Å². The molecule has 5 heteroatoms. The zero-order valence-electron chi connectivity index (χ0n) is 16.3. The van der Waals surface area contributed by atoms with Crippen LogP contribution in [0.4, 0.5) is 0 Å².